The minimum absolute atomic E-state index is 0.220. The molecule has 0 aliphatic heterocycles. The molecule has 0 aliphatic rings. The highest BCUT2D eigenvalue weighted by Crippen LogP contribution is 2.21. The molecule has 8 heteroatoms. The maximum atomic E-state index is 12.4. The predicted octanol–water partition coefficient (Wildman–Crippen LogP) is 2.20. The summed E-state index contributed by atoms with van der Waals surface area (Å²) in [5.74, 6) is -0.765. The van der Waals surface area contributed by atoms with Gasteiger partial charge in [-0.3, -0.25) is 14.2 Å². The maximum absolute atomic E-state index is 12.4. The zero-order valence-electron chi connectivity index (χ0n) is 15.2. The number of ether oxygens (including phenoxy) is 1. The van der Waals surface area contributed by atoms with Crippen LogP contribution in [0.2, 0.25) is 0 Å². The first-order chi connectivity index (χ1) is 12.4. The first-order valence-corrected chi connectivity index (χ1v) is 8.24. The van der Waals surface area contributed by atoms with E-state index in [9.17, 15) is 9.59 Å². The summed E-state index contributed by atoms with van der Waals surface area (Å²) in [6.45, 7) is 4.19. The number of amides is 1. The van der Waals surface area contributed by atoms with Gasteiger partial charge in [0.1, 0.15) is 0 Å². The molecule has 1 N–H and O–H groups in total. The maximum Gasteiger partial charge on any atom is 0.358 e. The number of fused-ring (bicyclic) bond motifs is 1. The molecule has 0 atom stereocenters. The number of rotatable bonds is 5. The van der Waals surface area contributed by atoms with Gasteiger partial charge in [-0.1, -0.05) is 11.6 Å². The summed E-state index contributed by atoms with van der Waals surface area (Å²) in [4.78, 5) is 24.3. The SMILES string of the molecule is COC(=O)c1c(NC(=O)CCn2ncc3cc(C)ccc32)c(C)nn1C. The highest BCUT2D eigenvalue weighted by atomic mass is 16.5. The highest BCUT2D eigenvalue weighted by molar-refractivity contribution is 6.00. The van der Waals surface area contributed by atoms with Crippen molar-refractivity contribution < 1.29 is 14.3 Å². The van der Waals surface area contributed by atoms with Crippen molar-refractivity contribution in [3.63, 3.8) is 0 Å². The third-order valence-corrected chi connectivity index (χ3v) is 4.21. The monoisotopic (exact) mass is 355 g/mol. The number of benzene rings is 1. The number of nitrogens with one attached hydrogen (secondary N) is 1. The second-order valence-corrected chi connectivity index (χ2v) is 6.15. The van der Waals surface area contributed by atoms with E-state index in [1.54, 1.807) is 24.9 Å². The fourth-order valence-corrected chi connectivity index (χ4v) is 2.93. The van der Waals surface area contributed by atoms with Gasteiger partial charge >= 0.3 is 5.97 Å². The summed E-state index contributed by atoms with van der Waals surface area (Å²) in [5.41, 5.74) is 3.30. The number of anilines is 1. The second kappa shape index (κ2) is 6.99. The van der Waals surface area contributed by atoms with Gasteiger partial charge in [-0.25, -0.2) is 4.79 Å². The minimum atomic E-state index is -0.545. The fraction of sp³-hybridized carbons (Fsp3) is 0.333. The normalized spacial score (nSPS) is 10.9. The molecule has 1 amide bonds. The Morgan fingerprint density at radius 1 is 1.27 bits per heavy atom. The van der Waals surface area contributed by atoms with E-state index in [1.807, 2.05) is 19.1 Å². The fourth-order valence-electron chi connectivity index (χ4n) is 2.93. The number of hydrogen-bond donors (Lipinski definition) is 1. The molecule has 8 nitrogen and oxygen atoms in total. The molecule has 0 unspecified atom stereocenters. The van der Waals surface area contributed by atoms with Crippen molar-refractivity contribution >= 4 is 28.5 Å². The number of aromatic nitrogens is 4. The van der Waals surface area contributed by atoms with E-state index in [0.717, 1.165) is 16.5 Å². The van der Waals surface area contributed by atoms with E-state index in [2.05, 4.69) is 21.6 Å². The van der Waals surface area contributed by atoms with Crippen LogP contribution < -0.4 is 5.32 Å². The summed E-state index contributed by atoms with van der Waals surface area (Å²) < 4.78 is 7.96. The third-order valence-electron chi connectivity index (χ3n) is 4.21. The molecule has 0 aliphatic carbocycles. The molecule has 136 valence electrons. The first kappa shape index (κ1) is 17.7. The summed E-state index contributed by atoms with van der Waals surface area (Å²) in [6, 6.07) is 6.07. The Kier molecular flexibility index (Phi) is 4.75. The zero-order chi connectivity index (χ0) is 18.8. The smallest absolute Gasteiger partial charge is 0.358 e. The standard InChI is InChI=1S/C18H21N5O3/c1-11-5-6-14-13(9-11)10-19-23(14)8-7-15(24)20-16-12(2)21-22(3)17(16)18(25)26-4/h5-6,9-10H,7-8H2,1-4H3,(H,20,24). The van der Waals surface area contributed by atoms with Gasteiger partial charge in [0.25, 0.3) is 0 Å². The summed E-state index contributed by atoms with van der Waals surface area (Å²) in [6.07, 6.45) is 2.01. The lowest BCUT2D eigenvalue weighted by atomic mass is 10.2. The average molecular weight is 355 g/mol. The molecule has 0 saturated carbocycles. The van der Waals surface area contributed by atoms with Gasteiger partial charge in [0, 0.05) is 18.9 Å². The number of nitrogens with zero attached hydrogens (tertiary/aromatic N) is 4. The lowest BCUT2D eigenvalue weighted by Crippen LogP contribution is -2.18. The van der Waals surface area contributed by atoms with Crippen LogP contribution in [0.15, 0.2) is 24.4 Å². The van der Waals surface area contributed by atoms with Crippen LogP contribution in [-0.4, -0.2) is 38.5 Å². The van der Waals surface area contributed by atoms with Crippen LogP contribution in [0.5, 0.6) is 0 Å². The molecular formula is C18H21N5O3. The molecule has 0 spiro atoms. The van der Waals surface area contributed by atoms with Gasteiger partial charge in [-0.15, -0.1) is 0 Å². The van der Waals surface area contributed by atoms with Crippen molar-refractivity contribution in [3.8, 4) is 0 Å². The first-order valence-electron chi connectivity index (χ1n) is 8.24. The van der Waals surface area contributed by atoms with E-state index >= 15 is 0 Å². The lowest BCUT2D eigenvalue weighted by Gasteiger charge is -2.08. The quantitative estimate of drug-likeness (QED) is 0.709. The second-order valence-electron chi connectivity index (χ2n) is 6.15. The number of aryl methyl sites for hydroxylation is 4. The number of methoxy groups -OCH3 is 1. The van der Waals surface area contributed by atoms with Crippen molar-refractivity contribution in [2.45, 2.75) is 26.8 Å². The predicted molar refractivity (Wildman–Crippen MR) is 97.0 cm³/mol. The molecule has 0 bridgehead atoms. The molecule has 0 saturated heterocycles. The number of carbonyl (C=O) groups excluding carboxylic acids is 2. The summed E-state index contributed by atoms with van der Waals surface area (Å²) in [7, 11) is 2.92. The number of esters is 1. The Morgan fingerprint density at radius 3 is 2.77 bits per heavy atom. The van der Waals surface area contributed by atoms with Crippen molar-refractivity contribution in [3.05, 3.63) is 41.3 Å². The molecule has 0 radical (unpaired) electrons. The molecule has 2 heterocycles. The van der Waals surface area contributed by atoms with Crippen molar-refractivity contribution in [2.24, 2.45) is 7.05 Å². The van der Waals surface area contributed by atoms with Gasteiger partial charge in [-0.2, -0.15) is 10.2 Å². The Hall–Kier alpha value is -3.16. The Morgan fingerprint density at radius 2 is 2.04 bits per heavy atom. The topological polar surface area (TPSA) is 91.0 Å². The molecule has 26 heavy (non-hydrogen) atoms. The number of carbonyl (C=O) groups is 2. The minimum Gasteiger partial charge on any atom is -0.464 e. The van der Waals surface area contributed by atoms with E-state index in [0.29, 0.717) is 17.9 Å². The van der Waals surface area contributed by atoms with Gasteiger partial charge in [0.05, 0.1) is 36.7 Å². The van der Waals surface area contributed by atoms with Crippen LogP contribution in [0.25, 0.3) is 10.9 Å². The van der Waals surface area contributed by atoms with Crippen LogP contribution in [0.3, 0.4) is 0 Å². The summed E-state index contributed by atoms with van der Waals surface area (Å²) >= 11 is 0. The zero-order valence-corrected chi connectivity index (χ0v) is 15.2. The van der Waals surface area contributed by atoms with Crippen molar-refractivity contribution in [1.82, 2.24) is 19.6 Å². The third kappa shape index (κ3) is 3.30. The molecule has 2 aromatic heterocycles. The molecule has 0 fully saturated rings. The van der Waals surface area contributed by atoms with Gasteiger partial charge in [0.15, 0.2) is 5.69 Å². The molecule has 1 aromatic carbocycles. The Balaban J connectivity index is 1.72. The van der Waals surface area contributed by atoms with Gasteiger partial charge < -0.3 is 10.1 Å². The van der Waals surface area contributed by atoms with Gasteiger partial charge in [0.2, 0.25) is 5.91 Å². The van der Waals surface area contributed by atoms with Gasteiger partial charge in [-0.05, 0) is 26.0 Å². The van der Waals surface area contributed by atoms with Crippen molar-refractivity contribution in [1.29, 1.82) is 0 Å². The van der Waals surface area contributed by atoms with E-state index in [-0.39, 0.29) is 18.0 Å². The van der Waals surface area contributed by atoms with E-state index in [1.165, 1.54) is 11.8 Å². The molecule has 3 aromatic rings. The van der Waals surface area contributed by atoms with Crippen LogP contribution in [0.1, 0.15) is 28.2 Å². The average Bonchev–Trinajstić information content (AvgIpc) is 3.12. The lowest BCUT2D eigenvalue weighted by molar-refractivity contribution is -0.116. The van der Waals surface area contributed by atoms with Crippen molar-refractivity contribution in [2.75, 3.05) is 12.4 Å². The summed E-state index contributed by atoms with van der Waals surface area (Å²) in [5, 5.41) is 12.3. The van der Waals surface area contributed by atoms with Crippen LogP contribution >= 0.6 is 0 Å². The van der Waals surface area contributed by atoms with Crippen LogP contribution in [0, 0.1) is 13.8 Å². The van der Waals surface area contributed by atoms with Crippen LogP contribution in [-0.2, 0) is 23.1 Å². The van der Waals surface area contributed by atoms with Crippen LogP contribution in [0.4, 0.5) is 5.69 Å². The van der Waals surface area contributed by atoms with E-state index < -0.39 is 5.97 Å². The Bertz CT molecular complexity index is 986. The number of hydrogen-bond acceptors (Lipinski definition) is 5. The molecule has 3 rings (SSSR count). The highest BCUT2D eigenvalue weighted by Gasteiger charge is 2.22. The largest absolute Gasteiger partial charge is 0.464 e. The molecular weight excluding hydrogens is 334 g/mol. The van der Waals surface area contributed by atoms with E-state index in [4.69, 9.17) is 4.74 Å². The Labute approximate surface area is 150 Å².